The number of thioether (sulfide) groups is 1. The molecular weight excluding hydrogens is 282 g/mol. The van der Waals surface area contributed by atoms with Crippen molar-refractivity contribution in [3.05, 3.63) is 65.0 Å². The van der Waals surface area contributed by atoms with Gasteiger partial charge in [0.05, 0.1) is 5.75 Å². The van der Waals surface area contributed by atoms with Crippen LogP contribution in [-0.4, -0.2) is 11.5 Å². The van der Waals surface area contributed by atoms with E-state index >= 15 is 0 Å². The van der Waals surface area contributed by atoms with Crippen molar-refractivity contribution in [3.63, 3.8) is 0 Å². The van der Waals surface area contributed by atoms with Crippen LogP contribution in [-0.2, 0) is 5.41 Å². The van der Waals surface area contributed by atoms with E-state index in [4.69, 9.17) is 0 Å². The number of benzene rings is 1. The first-order valence-electron chi connectivity index (χ1n) is 6.82. The molecule has 0 aliphatic carbocycles. The smallest absolute Gasteiger partial charge is 0.251 e. The van der Waals surface area contributed by atoms with E-state index in [1.54, 1.807) is 18.2 Å². The van der Waals surface area contributed by atoms with E-state index in [-0.39, 0.29) is 17.0 Å². The molecule has 1 aromatic heterocycles. The number of Topliss-reactive ketones (excluding diaryl/α,β-unsaturated/α-hetero) is 1. The number of carbonyl (C=O) groups excluding carboxylic acids is 1. The summed E-state index contributed by atoms with van der Waals surface area (Å²) in [6, 6.07) is 12.9. The SMILES string of the molecule is CC(C)(C)c1ccc(C(=O)CSc2cccc[n+]2[O-])cc1. The Morgan fingerprint density at radius 1 is 1.14 bits per heavy atom. The molecule has 4 heteroatoms. The van der Waals surface area contributed by atoms with Crippen molar-refractivity contribution in [1.82, 2.24) is 0 Å². The van der Waals surface area contributed by atoms with E-state index in [0.717, 1.165) is 4.73 Å². The lowest BCUT2D eigenvalue weighted by atomic mass is 9.86. The summed E-state index contributed by atoms with van der Waals surface area (Å²) < 4.78 is 0.778. The summed E-state index contributed by atoms with van der Waals surface area (Å²) in [5.41, 5.74) is 1.96. The molecule has 1 heterocycles. The van der Waals surface area contributed by atoms with Gasteiger partial charge in [0.25, 0.3) is 5.03 Å². The molecule has 0 saturated carbocycles. The van der Waals surface area contributed by atoms with Gasteiger partial charge >= 0.3 is 0 Å². The minimum atomic E-state index is 0.0318. The second kappa shape index (κ2) is 6.31. The number of hydrogen-bond acceptors (Lipinski definition) is 3. The third-order valence-electron chi connectivity index (χ3n) is 3.21. The van der Waals surface area contributed by atoms with Crippen molar-refractivity contribution in [1.29, 1.82) is 0 Å². The average molecular weight is 301 g/mol. The molecule has 0 N–H and O–H groups in total. The summed E-state index contributed by atoms with van der Waals surface area (Å²) in [4.78, 5) is 12.2. The molecule has 1 aromatic carbocycles. The molecule has 2 aromatic rings. The van der Waals surface area contributed by atoms with Crippen LogP contribution in [0.25, 0.3) is 0 Å². The summed E-state index contributed by atoms with van der Waals surface area (Å²) in [6.45, 7) is 6.42. The highest BCUT2D eigenvalue weighted by Gasteiger charge is 2.15. The summed E-state index contributed by atoms with van der Waals surface area (Å²) in [7, 11) is 0. The second-order valence-electron chi connectivity index (χ2n) is 5.90. The topological polar surface area (TPSA) is 44.0 Å². The fourth-order valence-electron chi connectivity index (χ4n) is 1.90. The van der Waals surface area contributed by atoms with Crippen molar-refractivity contribution in [2.45, 2.75) is 31.2 Å². The minimum absolute atomic E-state index is 0.0318. The molecule has 0 radical (unpaired) electrons. The average Bonchev–Trinajstić information content (AvgIpc) is 2.45. The molecule has 0 atom stereocenters. The van der Waals surface area contributed by atoms with Crippen LogP contribution >= 0.6 is 11.8 Å². The van der Waals surface area contributed by atoms with E-state index in [1.807, 2.05) is 24.3 Å². The zero-order chi connectivity index (χ0) is 15.5. The molecular formula is C17H19NO2S. The Morgan fingerprint density at radius 2 is 1.81 bits per heavy atom. The molecule has 2 rings (SSSR count). The summed E-state index contributed by atoms with van der Waals surface area (Å²) in [5.74, 6) is 0.297. The lowest BCUT2D eigenvalue weighted by molar-refractivity contribution is -0.645. The molecule has 0 spiro atoms. The molecule has 0 fully saturated rings. The van der Waals surface area contributed by atoms with Crippen LogP contribution < -0.4 is 4.73 Å². The lowest BCUT2D eigenvalue weighted by Gasteiger charge is -2.18. The standard InChI is InChI=1S/C17H19NO2S/c1-17(2,3)14-9-7-13(8-10-14)15(19)12-21-16-6-4-5-11-18(16)20/h4-11H,12H2,1-3H3. The number of nitrogens with zero attached hydrogens (tertiary/aromatic N) is 1. The quantitative estimate of drug-likeness (QED) is 0.375. The third kappa shape index (κ3) is 4.08. The van der Waals surface area contributed by atoms with Gasteiger partial charge in [0.1, 0.15) is 0 Å². The zero-order valence-corrected chi connectivity index (χ0v) is 13.3. The van der Waals surface area contributed by atoms with Crippen LogP contribution in [0.2, 0.25) is 0 Å². The summed E-state index contributed by atoms with van der Waals surface area (Å²) in [5, 5.41) is 12.0. The van der Waals surface area contributed by atoms with Gasteiger partial charge in [0, 0.05) is 17.7 Å². The third-order valence-corrected chi connectivity index (χ3v) is 4.23. The lowest BCUT2D eigenvalue weighted by Crippen LogP contribution is -2.28. The van der Waals surface area contributed by atoms with Gasteiger partial charge in [-0.2, -0.15) is 4.73 Å². The van der Waals surface area contributed by atoms with Crippen molar-refractivity contribution in [2.24, 2.45) is 0 Å². The number of hydrogen-bond donors (Lipinski definition) is 0. The van der Waals surface area contributed by atoms with E-state index in [9.17, 15) is 10.0 Å². The Kier molecular flexibility index (Phi) is 4.68. The summed E-state index contributed by atoms with van der Waals surface area (Å²) >= 11 is 1.26. The Morgan fingerprint density at radius 3 is 2.38 bits per heavy atom. The maximum Gasteiger partial charge on any atom is 0.251 e. The van der Waals surface area contributed by atoms with Crippen molar-refractivity contribution >= 4 is 17.5 Å². The van der Waals surface area contributed by atoms with Gasteiger partial charge in [-0.1, -0.05) is 45.0 Å². The first-order chi connectivity index (χ1) is 9.88. The molecule has 0 amide bonds. The van der Waals surface area contributed by atoms with Crippen LogP contribution in [0.1, 0.15) is 36.7 Å². The van der Waals surface area contributed by atoms with E-state index in [2.05, 4.69) is 20.8 Å². The Hall–Kier alpha value is -1.81. The molecule has 0 bridgehead atoms. The van der Waals surface area contributed by atoms with Crippen molar-refractivity contribution in [2.75, 3.05) is 5.75 Å². The predicted molar refractivity (Wildman–Crippen MR) is 85.6 cm³/mol. The monoisotopic (exact) mass is 301 g/mol. The maximum atomic E-state index is 12.2. The highest BCUT2D eigenvalue weighted by atomic mass is 32.2. The molecule has 21 heavy (non-hydrogen) atoms. The van der Waals surface area contributed by atoms with Crippen LogP contribution in [0.5, 0.6) is 0 Å². The number of ketones is 1. The van der Waals surface area contributed by atoms with E-state index in [1.165, 1.54) is 23.5 Å². The van der Waals surface area contributed by atoms with Gasteiger partial charge in [0.2, 0.25) is 0 Å². The van der Waals surface area contributed by atoms with Crippen LogP contribution in [0.3, 0.4) is 0 Å². The second-order valence-corrected chi connectivity index (χ2v) is 6.90. The zero-order valence-electron chi connectivity index (χ0n) is 12.5. The number of carbonyl (C=O) groups is 1. The van der Waals surface area contributed by atoms with Gasteiger partial charge < -0.3 is 5.21 Å². The fourth-order valence-corrected chi connectivity index (χ4v) is 2.71. The molecule has 0 unspecified atom stereocenters. The van der Waals surface area contributed by atoms with E-state index < -0.39 is 0 Å². The van der Waals surface area contributed by atoms with Gasteiger partial charge in [0.15, 0.2) is 12.0 Å². The van der Waals surface area contributed by atoms with Crippen LogP contribution in [0.4, 0.5) is 0 Å². The first-order valence-corrected chi connectivity index (χ1v) is 7.81. The predicted octanol–water partition coefficient (Wildman–Crippen LogP) is 3.59. The van der Waals surface area contributed by atoms with Crippen molar-refractivity contribution in [3.8, 4) is 0 Å². The first kappa shape index (κ1) is 15.6. The van der Waals surface area contributed by atoms with E-state index in [0.29, 0.717) is 10.6 Å². The number of pyridine rings is 1. The van der Waals surface area contributed by atoms with Gasteiger partial charge in [-0.05, 0) is 28.8 Å². The van der Waals surface area contributed by atoms with Crippen LogP contribution in [0.15, 0.2) is 53.7 Å². The minimum Gasteiger partial charge on any atom is -0.618 e. The highest BCUT2D eigenvalue weighted by molar-refractivity contribution is 7.99. The molecule has 3 nitrogen and oxygen atoms in total. The fraction of sp³-hybridized carbons (Fsp3) is 0.294. The normalized spacial score (nSPS) is 11.4. The Bertz CT molecular complexity index is 630. The maximum absolute atomic E-state index is 12.2. The summed E-state index contributed by atoms with van der Waals surface area (Å²) in [6.07, 6.45) is 1.44. The Balaban J connectivity index is 2.03. The van der Waals surface area contributed by atoms with Gasteiger partial charge in [-0.25, -0.2) is 0 Å². The molecule has 110 valence electrons. The molecule has 0 saturated heterocycles. The molecule has 0 aliphatic rings. The molecule has 0 aliphatic heterocycles. The van der Waals surface area contributed by atoms with Crippen molar-refractivity contribution < 1.29 is 9.52 Å². The largest absolute Gasteiger partial charge is 0.618 e. The van der Waals surface area contributed by atoms with Crippen LogP contribution in [0, 0.1) is 5.21 Å². The number of rotatable bonds is 4. The number of aromatic nitrogens is 1. The highest BCUT2D eigenvalue weighted by Crippen LogP contribution is 2.23. The van der Waals surface area contributed by atoms with Gasteiger partial charge in [-0.15, -0.1) is 0 Å². The van der Waals surface area contributed by atoms with Gasteiger partial charge in [-0.3, -0.25) is 4.79 Å². The Labute approximate surface area is 129 Å².